The van der Waals surface area contributed by atoms with E-state index < -0.39 is 33.4 Å². The quantitative estimate of drug-likeness (QED) is 0.815. The number of nitrogens with one attached hydrogen (secondary N) is 2. The molecular weight excluding hydrogens is 310 g/mol. The monoisotopic (exact) mass is 321 g/mol. The van der Waals surface area contributed by atoms with Crippen molar-refractivity contribution >= 4 is 27.3 Å². The lowest BCUT2D eigenvalue weighted by atomic mass is 10.2. The van der Waals surface area contributed by atoms with E-state index in [-0.39, 0.29) is 16.3 Å². The molecule has 0 fully saturated rings. The summed E-state index contributed by atoms with van der Waals surface area (Å²) in [6.45, 7) is 0. The number of hydrogen-bond acceptors (Lipinski definition) is 6. The van der Waals surface area contributed by atoms with Gasteiger partial charge in [0.1, 0.15) is 12.3 Å². The number of rotatable bonds is 2. The summed E-state index contributed by atoms with van der Waals surface area (Å²) < 4.78 is 29.2. The Morgan fingerprint density at radius 2 is 2.09 bits per heavy atom. The Labute approximate surface area is 125 Å². The van der Waals surface area contributed by atoms with Crippen molar-refractivity contribution < 1.29 is 22.5 Å². The van der Waals surface area contributed by atoms with Crippen LogP contribution in [-0.4, -0.2) is 37.2 Å². The third-order valence-electron chi connectivity index (χ3n) is 3.16. The van der Waals surface area contributed by atoms with Crippen LogP contribution in [0.2, 0.25) is 0 Å². The minimum atomic E-state index is -3.72. The van der Waals surface area contributed by atoms with Crippen molar-refractivity contribution in [1.29, 1.82) is 0 Å². The molecule has 3 rings (SSSR count). The Morgan fingerprint density at radius 3 is 2.82 bits per heavy atom. The van der Waals surface area contributed by atoms with Gasteiger partial charge in [-0.15, -0.1) is 0 Å². The zero-order valence-corrected chi connectivity index (χ0v) is 12.0. The number of aromatic nitrogens is 1. The van der Waals surface area contributed by atoms with Crippen molar-refractivity contribution in [3.63, 3.8) is 0 Å². The van der Waals surface area contributed by atoms with E-state index in [0.29, 0.717) is 0 Å². The largest absolute Gasteiger partial charge is 0.364 e. The van der Waals surface area contributed by atoms with Gasteiger partial charge in [0.2, 0.25) is 5.91 Å². The Bertz CT molecular complexity index is 829. The Balaban J connectivity index is 1.89. The highest BCUT2D eigenvalue weighted by Gasteiger charge is 2.34. The van der Waals surface area contributed by atoms with E-state index in [0.717, 1.165) is 0 Å². The van der Waals surface area contributed by atoms with Crippen LogP contribution in [0.25, 0.3) is 0 Å². The van der Waals surface area contributed by atoms with E-state index in [1.165, 1.54) is 24.5 Å². The summed E-state index contributed by atoms with van der Waals surface area (Å²) in [6, 6.07) is 6.17. The fraction of sp³-hybridized carbons (Fsp3) is 0.154. The maximum Gasteiger partial charge on any atom is 0.274 e. The Hall–Kier alpha value is -2.68. The molecule has 2 heterocycles. The van der Waals surface area contributed by atoms with Gasteiger partial charge in [-0.2, -0.15) is 0 Å². The molecule has 1 atom stereocenters. The molecule has 114 valence electrons. The molecule has 2 amide bonds. The van der Waals surface area contributed by atoms with Crippen LogP contribution < -0.4 is 10.6 Å². The molecule has 9 heteroatoms. The van der Waals surface area contributed by atoms with Crippen LogP contribution in [0, 0.1) is 0 Å². The van der Waals surface area contributed by atoms with Crippen molar-refractivity contribution in [2.24, 2.45) is 0 Å². The van der Waals surface area contributed by atoms with Crippen LogP contribution in [0.5, 0.6) is 0 Å². The van der Waals surface area contributed by atoms with Crippen molar-refractivity contribution in [3.05, 3.63) is 42.3 Å². The maximum absolute atomic E-state index is 12.3. The summed E-state index contributed by atoms with van der Waals surface area (Å²) >= 11 is 0. The lowest BCUT2D eigenvalue weighted by Gasteiger charge is -2.13. The van der Waals surface area contributed by atoms with E-state index in [1.807, 2.05) is 0 Å². The van der Waals surface area contributed by atoms with Gasteiger partial charge in [-0.25, -0.2) is 8.42 Å². The van der Waals surface area contributed by atoms with Gasteiger partial charge < -0.3 is 15.2 Å². The van der Waals surface area contributed by atoms with Crippen LogP contribution in [0.4, 0.5) is 5.69 Å². The molecule has 1 aliphatic rings. The van der Waals surface area contributed by atoms with Crippen LogP contribution in [0.1, 0.15) is 10.5 Å². The molecule has 0 radical (unpaired) electrons. The molecular formula is C13H11N3O5S. The van der Waals surface area contributed by atoms with Gasteiger partial charge in [-0.1, -0.05) is 17.3 Å². The molecule has 0 spiro atoms. The average Bonchev–Trinajstić information content (AvgIpc) is 2.98. The van der Waals surface area contributed by atoms with E-state index >= 15 is 0 Å². The molecule has 2 aromatic rings. The number of para-hydroxylation sites is 1. The molecule has 22 heavy (non-hydrogen) atoms. The SMILES string of the molecule is O=C(NC1CS(=O)(=O)c2ccccc2NC1=O)c1ccon1. The zero-order valence-electron chi connectivity index (χ0n) is 11.1. The first-order valence-corrected chi connectivity index (χ1v) is 7.96. The highest BCUT2D eigenvalue weighted by Crippen LogP contribution is 2.25. The van der Waals surface area contributed by atoms with Crippen molar-refractivity contribution in [2.75, 3.05) is 11.1 Å². The number of carbonyl (C=O) groups excluding carboxylic acids is 2. The maximum atomic E-state index is 12.3. The Kier molecular flexibility index (Phi) is 3.41. The van der Waals surface area contributed by atoms with E-state index in [9.17, 15) is 18.0 Å². The number of fused-ring (bicyclic) bond motifs is 1. The molecule has 0 aliphatic carbocycles. The topological polar surface area (TPSA) is 118 Å². The first-order chi connectivity index (χ1) is 10.5. The van der Waals surface area contributed by atoms with Crippen LogP contribution in [0.15, 0.2) is 46.0 Å². The highest BCUT2D eigenvalue weighted by molar-refractivity contribution is 7.91. The number of nitrogens with zero attached hydrogens (tertiary/aromatic N) is 1. The summed E-state index contributed by atoms with van der Waals surface area (Å²) in [5.41, 5.74) is 0.164. The number of benzene rings is 1. The predicted octanol–water partition coefficient (Wildman–Crippen LogP) is 0.199. The Morgan fingerprint density at radius 1 is 1.32 bits per heavy atom. The molecule has 1 aliphatic heterocycles. The standard InChI is InChI=1S/C13H11N3O5S/c17-12(9-5-6-21-16-9)15-10-7-22(19,20)11-4-2-1-3-8(11)14-13(10)18/h1-6,10H,7H2,(H,14,18)(H,15,17). The lowest BCUT2D eigenvalue weighted by Crippen LogP contribution is -2.46. The summed E-state index contributed by atoms with van der Waals surface area (Å²) in [4.78, 5) is 24.1. The summed E-state index contributed by atoms with van der Waals surface area (Å²) in [5.74, 6) is -1.82. The van der Waals surface area contributed by atoms with E-state index in [1.54, 1.807) is 12.1 Å². The zero-order chi connectivity index (χ0) is 15.7. The number of amides is 2. The first-order valence-electron chi connectivity index (χ1n) is 6.31. The number of hydrogen-bond donors (Lipinski definition) is 2. The number of anilines is 1. The van der Waals surface area contributed by atoms with Crippen molar-refractivity contribution in [3.8, 4) is 0 Å². The van der Waals surface area contributed by atoms with Crippen molar-refractivity contribution in [1.82, 2.24) is 10.5 Å². The molecule has 1 unspecified atom stereocenters. The fourth-order valence-electron chi connectivity index (χ4n) is 2.11. The van der Waals surface area contributed by atoms with E-state index in [4.69, 9.17) is 0 Å². The van der Waals surface area contributed by atoms with Gasteiger partial charge in [-0.05, 0) is 12.1 Å². The van der Waals surface area contributed by atoms with Crippen LogP contribution in [0.3, 0.4) is 0 Å². The third kappa shape index (κ3) is 2.58. The fourth-order valence-corrected chi connectivity index (χ4v) is 3.71. The van der Waals surface area contributed by atoms with Gasteiger partial charge >= 0.3 is 0 Å². The highest BCUT2D eigenvalue weighted by atomic mass is 32.2. The summed E-state index contributed by atoms with van der Waals surface area (Å²) in [6.07, 6.45) is 1.20. The number of sulfone groups is 1. The normalized spacial score (nSPS) is 19.6. The molecule has 1 aromatic carbocycles. The van der Waals surface area contributed by atoms with Crippen molar-refractivity contribution in [2.45, 2.75) is 10.9 Å². The van der Waals surface area contributed by atoms with Gasteiger partial charge in [-0.3, -0.25) is 9.59 Å². The molecule has 8 nitrogen and oxygen atoms in total. The third-order valence-corrected chi connectivity index (χ3v) is 4.96. The van der Waals surface area contributed by atoms with Gasteiger partial charge in [0.15, 0.2) is 15.5 Å². The first kappa shape index (κ1) is 14.3. The van der Waals surface area contributed by atoms with E-state index in [2.05, 4.69) is 20.3 Å². The molecule has 1 aromatic heterocycles. The molecule has 0 saturated heterocycles. The van der Waals surface area contributed by atoms with Gasteiger partial charge in [0.05, 0.1) is 16.3 Å². The molecule has 2 N–H and O–H groups in total. The smallest absolute Gasteiger partial charge is 0.274 e. The minimum Gasteiger partial charge on any atom is -0.364 e. The summed E-state index contributed by atoms with van der Waals surface area (Å²) in [5, 5.41) is 8.29. The second kappa shape index (κ2) is 5.26. The minimum absolute atomic E-state index is 0.0292. The lowest BCUT2D eigenvalue weighted by molar-refractivity contribution is -0.117. The predicted molar refractivity (Wildman–Crippen MR) is 74.9 cm³/mol. The second-order valence-corrected chi connectivity index (χ2v) is 6.68. The molecule has 0 bridgehead atoms. The summed E-state index contributed by atoms with van der Waals surface area (Å²) in [7, 11) is -3.72. The van der Waals surface area contributed by atoms with Gasteiger partial charge in [0.25, 0.3) is 5.91 Å². The van der Waals surface area contributed by atoms with Crippen LogP contribution in [-0.2, 0) is 14.6 Å². The second-order valence-electron chi connectivity index (χ2n) is 4.68. The van der Waals surface area contributed by atoms with Crippen LogP contribution >= 0.6 is 0 Å². The average molecular weight is 321 g/mol. The number of carbonyl (C=O) groups is 2. The van der Waals surface area contributed by atoms with Gasteiger partial charge in [0, 0.05) is 6.07 Å². The molecule has 0 saturated carbocycles.